The van der Waals surface area contributed by atoms with Gasteiger partial charge < -0.3 is 29.2 Å². The topological polar surface area (TPSA) is 133 Å². The number of fused-ring (bicyclic) bond motifs is 6. The van der Waals surface area contributed by atoms with E-state index in [1.54, 1.807) is 0 Å². The Hall–Kier alpha value is -3.40. The van der Waals surface area contributed by atoms with Crippen molar-refractivity contribution < 1.29 is 38.1 Å². The number of aromatic nitrogens is 1. The molecule has 0 radical (unpaired) electrons. The molecule has 0 spiro atoms. The molecule has 1 aromatic carbocycles. The third kappa shape index (κ3) is 7.23. The molecule has 0 bridgehead atoms. The molecule has 2 aromatic rings. The van der Waals surface area contributed by atoms with Crippen LogP contribution in [0.1, 0.15) is 126 Å². The predicted molar refractivity (Wildman–Crippen MR) is 211 cm³/mol. The number of hydrogen-bond acceptors (Lipinski definition) is 9. The lowest BCUT2D eigenvalue weighted by molar-refractivity contribution is -0.253. The third-order valence-electron chi connectivity index (χ3n) is 15.9. The highest BCUT2D eigenvalue weighted by molar-refractivity contribution is 5.84. The van der Waals surface area contributed by atoms with Crippen LogP contribution in [0.25, 0.3) is 10.9 Å². The summed E-state index contributed by atoms with van der Waals surface area (Å²) in [5.74, 6) is -0.492. The van der Waals surface area contributed by atoms with Gasteiger partial charge in [-0.05, 0) is 111 Å². The van der Waals surface area contributed by atoms with Crippen molar-refractivity contribution in [1.29, 1.82) is 0 Å². The zero-order chi connectivity index (χ0) is 40.1. The average Bonchev–Trinajstić information content (AvgIpc) is 3.69. The molecule has 1 aromatic heterocycles. The van der Waals surface area contributed by atoms with Gasteiger partial charge in [0.25, 0.3) is 0 Å². The van der Waals surface area contributed by atoms with Gasteiger partial charge in [-0.15, -0.1) is 0 Å². The lowest BCUT2D eigenvalue weighted by atomic mass is 9.35. The second-order valence-electron chi connectivity index (χ2n) is 19.1. The van der Waals surface area contributed by atoms with Crippen LogP contribution in [0, 0.1) is 45.3 Å². The number of benzene rings is 1. The molecule has 4 aliphatic rings. The summed E-state index contributed by atoms with van der Waals surface area (Å²) in [7, 11) is 1.41. The second-order valence-corrected chi connectivity index (χ2v) is 19.1. The van der Waals surface area contributed by atoms with Crippen LogP contribution in [0.4, 0.5) is 0 Å². The highest BCUT2D eigenvalue weighted by atomic mass is 16.6. The number of rotatable bonds is 12. The summed E-state index contributed by atoms with van der Waals surface area (Å²) in [6, 6.07) is 7.51. The van der Waals surface area contributed by atoms with Crippen LogP contribution in [-0.4, -0.2) is 66.4 Å². The van der Waals surface area contributed by atoms with Gasteiger partial charge in [0.1, 0.15) is 23.9 Å². The standard InChI is InChI=1S/C45H66N2O8/c1-27(48)53-35-25-37-42(6)20-18-38(54-28(2)49)41(4,5)36(42)17-22-43(37,7)44(8)21-16-32(39(35)44)45(9,55-29(3)50)19-13-23-46-34(40(51)52-10)24-30-26-47-33-15-12-11-14-31(30)33/h11-12,14-15,26,32,34-39,46-47H,13,16-25H2,1-10H3/t32?,34-,35?,36?,37?,38-,39-,42-,43+,44+,45-/m0/s1. The van der Waals surface area contributed by atoms with Crippen LogP contribution < -0.4 is 5.32 Å². The van der Waals surface area contributed by atoms with Gasteiger partial charge in [-0.3, -0.25) is 19.2 Å². The predicted octanol–water partition coefficient (Wildman–Crippen LogP) is 8.10. The fraction of sp³-hybridized carbons (Fsp3) is 0.733. The number of para-hydroxylation sites is 1. The van der Waals surface area contributed by atoms with Crippen molar-refractivity contribution in [2.24, 2.45) is 45.3 Å². The fourth-order valence-electron chi connectivity index (χ4n) is 13.4. The molecular weight excluding hydrogens is 697 g/mol. The van der Waals surface area contributed by atoms with E-state index in [9.17, 15) is 19.2 Å². The first kappa shape index (κ1) is 41.2. The smallest absolute Gasteiger partial charge is 0.323 e. The summed E-state index contributed by atoms with van der Waals surface area (Å²) in [4.78, 5) is 54.2. The Bertz CT molecular complexity index is 1770. The summed E-state index contributed by atoms with van der Waals surface area (Å²) in [6.45, 7) is 19.1. The molecule has 4 aliphatic carbocycles. The molecule has 4 fully saturated rings. The van der Waals surface area contributed by atoms with Gasteiger partial charge in [0.05, 0.1) is 7.11 Å². The minimum Gasteiger partial charge on any atom is -0.468 e. The van der Waals surface area contributed by atoms with Crippen molar-refractivity contribution in [3.63, 3.8) is 0 Å². The molecule has 0 saturated heterocycles. The molecule has 0 amide bonds. The van der Waals surface area contributed by atoms with E-state index in [2.05, 4.69) is 57.9 Å². The number of ether oxygens (including phenoxy) is 4. The molecule has 10 heteroatoms. The van der Waals surface area contributed by atoms with E-state index >= 15 is 0 Å². The molecule has 304 valence electrons. The Kier molecular flexibility index (Phi) is 11.4. The third-order valence-corrected chi connectivity index (χ3v) is 15.9. The van der Waals surface area contributed by atoms with Crippen molar-refractivity contribution in [2.75, 3.05) is 13.7 Å². The molecule has 4 unspecified atom stereocenters. The summed E-state index contributed by atoms with van der Waals surface area (Å²) in [6.07, 6.45) is 9.72. The van der Waals surface area contributed by atoms with E-state index in [0.29, 0.717) is 37.6 Å². The monoisotopic (exact) mass is 762 g/mol. The highest BCUT2D eigenvalue weighted by Gasteiger charge is 2.72. The van der Waals surface area contributed by atoms with Gasteiger partial charge in [0.2, 0.25) is 0 Å². The van der Waals surface area contributed by atoms with Gasteiger partial charge >= 0.3 is 23.9 Å². The SMILES string of the molecule is COC(=O)[C@H](Cc1c[nH]c2ccccc12)NCCC[C@](C)(OC(C)=O)C1CC[C@]2(C)[C@@H]1C(OC(C)=O)CC1[C@@]3(C)CC[C@H](OC(C)=O)C(C)(C)C3CC[C@]12C. The van der Waals surface area contributed by atoms with E-state index in [0.717, 1.165) is 61.4 Å². The number of carbonyl (C=O) groups is 4. The molecule has 0 aliphatic heterocycles. The molecule has 11 atom stereocenters. The van der Waals surface area contributed by atoms with Gasteiger partial charge in [0.15, 0.2) is 0 Å². The van der Waals surface area contributed by atoms with Crippen LogP contribution in [0.5, 0.6) is 0 Å². The minimum atomic E-state index is -0.805. The maximum Gasteiger partial charge on any atom is 0.323 e. The highest BCUT2D eigenvalue weighted by Crippen LogP contribution is 2.76. The molecule has 10 nitrogen and oxygen atoms in total. The van der Waals surface area contributed by atoms with Crippen molar-refractivity contribution in [2.45, 2.75) is 150 Å². The van der Waals surface area contributed by atoms with E-state index < -0.39 is 11.6 Å². The summed E-state index contributed by atoms with van der Waals surface area (Å²) >= 11 is 0. The van der Waals surface area contributed by atoms with Crippen LogP contribution in [0.2, 0.25) is 0 Å². The van der Waals surface area contributed by atoms with E-state index in [1.165, 1.54) is 27.9 Å². The number of carbonyl (C=O) groups excluding carboxylic acids is 4. The van der Waals surface area contributed by atoms with Gasteiger partial charge in [0, 0.05) is 61.5 Å². The molecule has 2 N–H and O–H groups in total. The Morgan fingerprint density at radius 3 is 2.25 bits per heavy atom. The number of hydrogen-bond donors (Lipinski definition) is 2. The van der Waals surface area contributed by atoms with E-state index in [4.69, 9.17) is 18.9 Å². The second kappa shape index (κ2) is 15.2. The van der Waals surface area contributed by atoms with Crippen molar-refractivity contribution in [3.8, 4) is 0 Å². The number of aromatic amines is 1. The van der Waals surface area contributed by atoms with Gasteiger partial charge in [-0.2, -0.15) is 0 Å². The Labute approximate surface area is 327 Å². The first-order valence-corrected chi connectivity index (χ1v) is 20.7. The maximum absolute atomic E-state index is 13.0. The largest absolute Gasteiger partial charge is 0.468 e. The van der Waals surface area contributed by atoms with Crippen molar-refractivity contribution in [3.05, 3.63) is 36.0 Å². The number of esters is 4. The summed E-state index contributed by atoms with van der Waals surface area (Å²) < 4.78 is 23.9. The zero-order valence-electron chi connectivity index (χ0n) is 35.0. The number of nitrogens with one attached hydrogen (secondary N) is 2. The number of H-pyrrole nitrogens is 1. The van der Waals surface area contributed by atoms with E-state index in [-0.39, 0.29) is 69.6 Å². The van der Waals surface area contributed by atoms with Crippen LogP contribution in [0.15, 0.2) is 30.5 Å². The zero-order valence-corrected chi connectivity index (χ0v) is 35.0. The maximum atomic E-state index is 13.0. The molecule has 55 heavy (non-hydrogen) atoms. The average molecular weight is 763 g/mol. The van der Waals surface area contributed by atoms with Gasteiger partial charge in [-0.1, -0.05) is 52.8 Å². The summed E-state index contributed by atoms with van der Waals surface area (Å²) in [5.41, 5.74) is 0.851. The van der Waals surface area contributed by atoms with Crippen molar-refractivity contribution >= 4 is 34.8 Å². The van der Waals surface area contributed by atoms with Gasteiger partial charge in [-0.25, -0.2) is 0 Å². The number of methoxy groups -OCH3 is 1. The lowest BCUT2D eigenvalue weighted by Gasteiger charge is -2.70. The van der Waals surface area contributed by atoms with Crippen LogP contribution >= 0.6 is 0 Å². The lowest BCUT2D eigenvalue weighted by Crippen LogP contribution is -2.67. The Morgan fingerprint density at radius 2 is 1.58 bits per heavy atom. The van der Waals surface area contributed by atoms with Crippen molar-refractivity contribution in [1.82, 2.24) is 10.3 Å². The molecular formula is C45H66N2O8. The first-order valence-electron chi connectivity index (χ1n) is 20.7. The Balaban J connectivity index is 1.24. The molecule has 4 saturated carbocycles. The summed E-state index contributed by atoms with van der Waals surface area (Å²) in [5, 5.41) is 4.54. The quantitative estimate of drug-likeness (QED) is 0.125. The first-order chi connectivity index (χ1) is 25.8. The normalized spacial score (nSPS) is 35.3. The molecule has 1 heterocycles. The van der Waals surface area contributed by atoms with E-state index in [1.807, 2.05) is 24.4 Å². The Morgan fingerprint density at radius 1 is 0.891 bits per heavy atom. The van der Waals surface area contributed by atoms with Crippen LogP contribution in [0.3, 0.4) is 0 Å². The minimum absolute atomic E-state index is 0.00481. The molecule has 6 rings (SSSR count). The fourth-order valence-corrected chi connectivity index (χ4v) is 13.4. The van der Waals surface area contributed by atoms with Crippen LogP contribution in [-0.2, 0) is 44.5 Å².